The predicted molar refractivity (Wildman–Crippen MR) is 143 cm³/mol. The van der Waals surface area contributed by atoms with E-state index in [-0.39, 0.29) is 35.7 Å². The molecule has 0 fully saturated rings. The maximum Gasteiger partial charge on any atom is 0.514 e. The van der Waals surface area contributed by atoms with E-state index in [0.29, 0.717) is 16.6 Å². The summed E-state index contributed by atoms with van der Waals surface area (Å²) in [5.74, 6) is 1.81. The average Bonchev–Trinajstić information content (AvgIpc) is 2.72. The molecule has 0 spiro atoms. The van der Waals surface area contributed by atoms with Crippen molar-refractivity contribution in [2.24, 2.45) is 0 Å². The molecule has 8 heteroatoms. The van der Waals surface area contributed by atoms with Gasteiger partial charge in [0.15, 0.2) is 5.75 Å². The van der Waals surface area contributed by atoms with E-state index in [1.807, 2.05) is 0 Å². The zero-order chi connectivity index (χ0) is 27.8. The second-order valence-corrected chi connectivity index (χ2v) is 16.1. The minimum absolute atomic E-state index is 0.0348. The molecule has 0 heterocycles. The van der Waals surface area contributed by atoms with Crippen molar-refractivity contribution in [3.05, 3.63) is 28.8 Å². The summed E-state index contributed by atoms with van der Waals surface area (Å²) in [6.45, 7) is 21.8. The smallest absolute Gasteiger partial charge is 0.462 e. The van der Waals surface area contributed by atoms with E-state index < -0.39 is 31.8 Å². The minimum Gasteiger partial charge on any atom is -0.462 e. The molecule has 0 aliphatic carbocycles. The molecule has 36 heavy (non-hydrogen) atoms. The monoisotopic (exact) mass is 518 g/mol. The fraction of sp³-hybridized carbons (Fsp3) is 0.607. The van der Waals surface area contributed by atoms with E-state index >= 15 is 0 Å². The lowest BCUT2D eigenvalue weighted by Gasteiger charge is -2.38. The minimum atomic E-state index is -2.21. The first-order valence-electron chi connectivity index (χ1n) is 12.6. The van der Waals surface area contributed by atoms with Crippen LogP contribution in [-0.4, -0.2) is 45.0 Å². The van der Waals surface area contributed by atoms with E-state index in [1.165, 1.54) is 12.1 Å². The standard InChI is InChI=1S/C28H42O7Si/c1-12-32-25(29)21-16-23(26(30)33-13-2)22(24(17-21)34-27(31)35-28(9,10)11)14-15-36(18(3)4,19(5)6)20(7)8/h16-20H,12-13H2,1-11H3. The third-order valence-corrected chi connectivity index (χ3v) is 12.3. The number of carbonyl (C=O) groups is 3. The van der Waals surface area contributed by atoms with E-state index in [0.717, 1.165) is 0 Å². The first-order chi connectivity index (χ1) is 16.6. The second-order valence-electron chi connectivity index (χ2n) is 10.6. The maximum absolute atomic E-state index is 13.0. The molecule has 200 valence electrons. The van der Waals surface area contributed by atoms with Gasteiger partial charge in [0.05, 0.1) is 29.9 Å². The molecule has 0 aliphatic rings. The molecular formula is C28H42O7Si. The van der Waals surface area contributed by atoms with Gasteiger partial charge >= 0.3 is 18.1 Å². The van der Waals surface area contributed by atoms with E-state index in [2.05, 4.69) is 53.0 Å². The summed E-state index contributed by atoms with van der Waals surface area (Å²) < 4.78 is 21.2. The van der Waals surface area contributed by atoms with E-state index in [9.17, 15) is 14.4 Å². The fourth-order valence-electron chi connectivity index (χ4n) is 4.49. The molecular weight excluding hydrogens is 476 g/mol. The molecule has 0 amide bonds. The molecule has 0 N–H and O–H groups in total. The number of ether oxygens (including phenoxy) is 4. The highest BCUT2D eigenvalue weighted by Crippen LogP contribution is 2.41. The van der Waals surface area contributed by atoms with Crippen LogP contribution in [0.15, 0.2) is 12.1 Å². The van der Waals surface area contributed by atoms with Gasteiger partial charge in [0, 0.05) is 0 Å². The van der Waals surface area contributed by atoms with Crippen molar-refractivity contribution in [2.45, 2.75) is 98.4 Å². The topological polar surface area (TPSA) is 88.1 Å². The molecule has 0 bridgehead atoms. The summed E-state index contributed by atoms with van der Waals surface area (Å²) in [6, 6.07) is 2.74. The third-order valence-electron chi connectivity index (χ3n) is 5.96. The van der Waals surface area contributed by atoms with Gasteiger partial charge in [0.2, 0.25) is 0 Å². The van der Waals surface area contributed by atoms with Crippen molar-refractivity contribution in [1.29, 1.82) is 0 Å². The Morgan fingerprint density at radius 3 is 1.81 bits per heavy atom. The Morgan fingerprint density at radius 2 is 1.36 bits per heavy atom. The van der Waals surface area contributed by atoms with Crippen LogP contribution in [0.4, 0.5) is 4.79 Å². The largest absolute Gasteiger partial charge is 0.514 e. The van der Waals surface area contributed by atoms with E-state index in [4.69, 9.17) is 18.9 Å². The Hall–Kier alpha value is -2.79. The van der Waals surface area contributed by atoms with Gasteiger partial charge < -0.3 is 18.9 Å². The predicted octanol–water partition coefficient (Wildman–Crippen LogP) is 6.92. The Morgan fingerprint density at radius 1 is 0.861 bits per heavy atom. The van der Waals surface area contributed by atoms with E-state index in [1.54, 1.807) is 34.6 Å². The summed E-state index contributed by atoms with van der Waals surface area (Å²) in [4.78, 5) is 38.2. The van der Waals surface area contributed by atoms with Crippen molar-refractivity contribution in [1.82, 2.24) is 0 Å². The highest BCUT2D eigenvalue weighted by Gasteiger charge is 2.42. The first-order valence-corrected chi connectivity index (χ1v) is 14.8. The molecule has 1 aromatic carbocycles. The summed E-state index contributed by atoms with van der Waals surface area (Å²) in [6.07, 6.45) is -0.971. The van der Waals surface area contributed by atoms with Crippen LogP contribution in [0, 0.1) is 11.5 Å². The van der Waals surface area contributed by atoms with Gasteiger partial charge in [0.25, 0.3) is 0 Å². The SMILES string of the molecule is CCOC(=O)c1cc(OC(=O)OC(C)(C)C)c(C#C[Si](C(C)C)(C(C)C)C(C)C)c(C(=O)OCC)c1. The van der Waals surface area contributed by atoms with Gasteiger partial charge in [-0.3, -0.25) is 0 Å². The summed E-state index contributed by atoms with van der Waals surface area (Å²) in [5, 5.41) is 0. The van der Waals surface area contributed by atoms with Crippen LogP contribution in [-0.2, 0) is 14.2 Å². The van der Waals surface area contributed by atoms with Crippen molar-refractivity contribution >= 4 is 26.2 Å². The van der Waals surface area contributed by atoms with Crippen molar-refractivity contribution in [3.8, 4) is 17.2 Å². The lowest BCUT2D eigenvalue weighted by molar-refractivity contribution is 0.0202. The van der Waals surface area contributed by atoms with Gasteiger partial charge in [-0.15, -0.1) is 5.54 Å². The van der Waals surface area contributed by atoms with Crippen LogP contribution in [0.5, 0.6) is 5.75 Å². The van der Waals surface area contributed by atoms with Crippen LogP contribution in [0.2, 0.25) is 16.6 Å². The van der Waals surface area contributed by atoms with Gasteiger partial charge in [-0.25, -0.2) is 14.4 Å². The van der Waals surface area contributed by atoms with Gasteiger partial charge in [-0.1, -0.05) is 47.5 Å². The van der Waals surface area contributed by atoms with Crippen LogP contribution in [0.3, 0.4) is 0 Å². The number of hydrogen-bond acceptors (Lipinski definition) is 7. The van der Waals surface area contributed by atoms with Crippen LogP contribution >= 0.6 is 0 Å². The van der Waals surface area contributed by atoms with Crippen LogP contribution in [0.25, 0.3) is 0 Å². The normalized spacial score (nSPS) is 11.7. The second kappa shape index (κ2) is 13.0. The van der Waals surface area contributed by atoms with Gasteiger partial charge in [-0.05, 0) is 63.4 Å². The molecule has 0 saturated carbocycles. The zero-order valence-electron chi connectivity index (χ0n) is 23.7. The number of benzene rings is 1. The maximum atomic E-state index is 13.0. The highest BCUT2D eigenvalue weighted by molar-refractivity contribution is 6.90. The van der Waals surface area contributed by atoms with Crippen molar-refractivity contribution < 1.29 is 33.3 Å². The zero-order valence-corrected chi connectivity index (χ0v) is 24.7. The van der Waals surface area contributed by atoms with Crippen LogP contribution < -0.4 is 4.74 Å². The Labute approximate surface area is 217 Å². The number of rotatable bonds is 8. The fourth-order valence-corrected chi connectivity index (χ4v) is 9.70. The number of carbonyl (C=O) groups excluding carboxylic acids is 3. The Bertz CT molecular complexity index is 985. The lowest BCUT2D eigenvalue weighted by Crippen LogP contribution is -2.43. The number of hydrogen-bond donors (Lipinski definition) is 0. The lowest BCUT2D eigenvalue weighted by atomic mass is 10.0. The number of esters is 2. The summed E-state index contributed by atoms with van der Waals surface area (Å²) in [5.41, 5.74) is 4.03. The van der Waals surface area contributed by atoms with Crippen molar-refractivity contribution in [3.63, 3.8) is 0 Å². The molecule has 0 saturated heterocycles. The molecule has 0 unspecified atom stereocenters. The Balaban J connectivity index is 3.96. The molecule has 0 aromatic heterocycles. The molecule has 0 atom stereocenters. The highest BCUT2D eigenvalue weighted by atomic mass is 28.3. The van der Waals surface area contributed by atoms with Gasteiger partial charge in [0.1, 0.15) is 13.7 Å². The average molecular weight is 519 g/mol. The first kappa shape index (κ1) is 31.2. The summed E-state index contributed by atoms with van der Waals surface area (Å²) in [7, 11) is -2.21. The van der Waals surface area contributed by atoms with Crippen molar-refractivity contribution in [2.75, 3.05) is 13.2 Å². The molecule has 0 aliphatic heterocycles. The quantitative estimate of drug-likeness (QED) is 0.121. The van der Waals surface area contributed by atoms with Gasteiger partial charge in [-0.2, -0.15) is 0 Å². The molecule has 1 aromatic rings. The molecule has 1 rings (SSSR count). The molecule has 7 nitrogen and oxygen atoms in total. The third kappa shape index (κ3) is 7.86. The van der Waals surface area contributed by atoms with Crippen LogP contribution in [0.1, 0.15) is 102 Å². The summed E-state index contributed by atoms with van der Waals surface area (Å²) >= 11 is 0. The Kier molecular flexibility index (Phi) is 11.2. The molecule has 0 radical (unpaired) electrons.